The third-order valence-corrected chi connectivity index (χ3v) is 3.35. The molecule has 2 N–H and O–H groups in total. The lowest BCUT2D eigenvalue weighted by Crippen LogP contribution is -2.35. The molecule has 0 spiro atoms. The Bertz CT molecular complexity index is 987. The van der Waals surface area contributed by atoms with Crippen LogP contribution in [0, 0.1) is 0 Å². The van der Waals surface area contributed by atoms with Crippen LogP contribution in [0.1, 0.15) is 20.7 Å². The Morgan fingerprint density at radius 1 is 0.920 bits per heavy atom. The molecule has 3 aromatic rings. The van der Waals surface area contributed by atoms with Crippen molar-refractivity contribution in [1.29, 1.82) is 0 Å². The second-order valence-electron chi connectivity index (χ2n) is 5.00. The summed E-state index contributed by atoms with van der Waals surface area (Å²) in [5.41, 5.74) is 1.18. The molecule has 3 rings (SSSR count). The van der Waals surface area contributed by atoms with E-state index in [1.54, 1.807) is 12.1 Å². The van der Waals surface area contributed by atoms with Gasteiger partial charge in [-0.05, 0) is 24.3 Å². The fraction of sp³-hybridized carbons (Fsp3) is 0. The Hall–Kier alpha value is -3.81. The van der Waals surface area contributed by atoms with Gasteiger partial charge in [-0.2, -0.15) is 0 Å². The number of carbonyl (C=O) groups excluding carboxylic acids is 3. The van der Waals surface area contributed by atoms with Gasteiger partial charge in [-0.3, -0.25) is 20.1 Å². The zero-order chi connectivity index (χ0) is 17.8. The molecule has 0 radical (unpaired) electrons. The van der Waals surface area contributed by atoms with Crippen LogP contribution in [-0.4, -0.2) is 27.9 Å². The third-order valence-electron chi connectivity index (χ3n) is 3.35. The second-order valence-corrected chi connectivity index (χ2v) is 5.00. The molecule has 0 saturated carbocycles. The van der Waals surface area contributed by atoms with Crippen molar-refractivity contribution in [3.63, 3.8) is 0 Å². The summed E-state index contributed by atoms with van der Waals surface area (Å²) in [5, 5.41) is 15.4. The molecule has 3 amide bonds. The van der Waals surface area contributed by atoms with Gasteiger partial charge in [-0.15, -0.1) is 0 Å². The molecule has 1 aromatic heterocycles. The van der Waals surface area contributed by atoms with Crippen molar-refractivity contribution in [1.82, 2.24) is 15.3 Å². The van der Waals surface area contributed by atoms with Crippen LogP contribution in [0.25, 0.3) is 11.0 Å². The van der Waals surface area contributed by atoms with E-state index in [-0.39, 0.29) is 16.8 Å². The van der Waals surface area contributed by atoms with Crippen molar-refractivity contribution in [3.8, 4) is 0 Å². The number of amides is 3. The predicted molar refractivity (Wildman–Crippen MR) is 86.8 cm³/mol. The quantitative estimate of drug-likeness (QED) is 0.734. The number of rotatable bonds is 3. The molecule has 124 valence electrons. The zero-order valence-corrected chi connectivity index (χ0v) is 12.7. The molecule has 0 saturated heterocycles. The molecule has 0 aliphatic heterocycles. The molecule has 0 unspecified atom stereocenters. The number of nitrogens with one attached hydrogen (secondary N) is 2. The van der Waals surface area contributed by atoms with E-state index in [4.69, 9.17) is 0 Å². The lowest BCUT2D eigenvalue weighted by molar-refractivity contribution is -0.254. The highest BCUT2D eigenvalue weighted by atomic mass is 16.4. The summed E-state index contributed by atoms with van der Waals surface area (Å²) in [4.78, 5) is 43.3. The van der Waals surface area contributed by atoms with E-state index in [9.17, 15) is 19.5 Å². The average molecular weight is 335 g/mol. The third kappa shape index (κ3) is 3.58. The van der Waals surface area contributed by atoms with Gasteiger partial charge >= 0.3 is 6.03 Å². The van der Waals surface area contributed by atoms with Crippen molar-refractivity contribution in [2.75, 3.05) is 5.32 Å². The SMILES string of the molecule is O=C(NC(=O)c1ccc2nccnc2c1)Nc1ccccc1C(=O)[O-]. The van der Waals surface area contributed by atoms with Crippen LogP contribution in [0.2, 0.25) is 0 Å². The molecule has 1 heterocycles. The number of imide groups is 1. The zero-order valence-electron chi connectivity index (χ0n) is 12.7. The molecule has 0 atom stereocenters. The first-order valence-electron chi connectivity index (χ1n) is 7.18. The van der Waals surface area contributed by atoms with Gasteiger partial charge in [-0.25, -0.2) is 4.79 Å². The Morgan fingerprint density at radius 2 is 1.64 bits per heavy atom. The number of aromatic carboxylic acids is 1. The molecule has 0 aliphatic carbocycles. The second kappa shape index (κ2) is 6.75. The summed E-state index contributed by atoms with van der Waals surface area (Å²) in [7, 11) is 0. The number of fused-ring (bicyclic) bond motifs is 1. The summed E-state index contributed by atoms with van der Waals surface area (Å²) in [6.07, 6.45) is 3.03. The number of anilines is 1. The van der Waals surface area contributed by atoms with Crippen molar-refractivity contribution in [2.24, 2.45) is 0 Å². The minimum atomic E-state index is -1.43. The van der Waals surface area contributed by atoms with Crippen LogP contribution in [0.15, 0.2) is 54.9 Å². The smallest absolute Gasteiger partial charge is 0.326 e. The summed E-state index contributed by atoms with van der Waals surface area (Å²) in [6, 6.07) is 9.48. The molecule has 0 fully saturated rings. The Labute approximate surface area is 141 Å². The van der Waals surface area contributed by atoms with Crippen molar-refractivity contribution in [3.05, 3.63) is 66.0 Å². The molecule has 0 bridgehead atoms. The van der Waals surface area contributed by atoms with Gasteiger partial charge in [0.25, 0.3) is 5.91 Å². The molecular formula is C17H11N4O4-. The summed E-state index contributed by atoms with van der Waals surface area (Å²) >= 11 is 0. The van der Waals surface area contributed by atoms with Crippen LogP contribution in [-0.2, 0) is 0 Å². The van der Waals surface area contributed by atoms with E-state index in [1.165, 1.54) is 42.7 Å². The maximum atomic E-state index is 12.2. The summed E-state index contributed by atoms with van der Waals surface area (Å²) < 4.78 is 0. The number of benzene rings is 2. The van der Waals surface area contributed by atoms with Crippen LogP contribution >= 0.6 is 0 Å². The lowest BCUT2D eigenvalue weighted by atomic mass is 10.1. The Morgan fingerprint density at radius 3 is 2.40 bits per heavy atom. The summed E-state index contributed by atoms with van der Waals surface area (Å²) in [5.74, 6) is -2.09. The molecule has 8 nitrogen and oxygen atoms in total. The Kier molecular flexibility index (Phi) is 4.34. The van der Waals surface area contributed by atoms with Crippen LogP contribution in [0.5, 0.6) is 0 Å². The first-order valence-corrected chi connectivity index (χ1v) is 7.18. The van der Waals surface area contributed by atoms with Crippen molar-refractivity contribution >= 4 is 34.6 Å². The number of para-hydroxylation sites is 1. The van der Waals surface area contributed by atoms with E-state index >= 15 is 0 Å². The normalized spacial score (nSPS) is 10.2. The fourth-order valence-electron chi connectivity index (χ4n) is 2.20. The highest BCUT2D eigenvalue weighted by molar-refractivity contribution is 6.10. The topological polar surface area (TPSA) is 124 Å². The van der Waals surface area contributed by atoms with Crippen LogP contribution in [0.3, 0.4) is 0 Å². The first kappa shape index (κ1) is 16.1. The van der Waals surface area contributed by atoms with E-state index in [0.717, 1.165) is 0 Å². The highest BCUT2D eigenvalue weighted by Gasteiger charge is 2.13. The van der Waals surface area contributed by atoms with Crippen molar-refractivity contribution in [2.45, 2.75) is 0 Å². The van der Waals surface area contributed by atoms with Gasteiger partial charge in [0.2, 0.25) is 0 Å². The minimum Gasteiger partial charge on any atom is -0.545 e. The maximum absolute atomic E-state index is 12.2. The van der Waals surface area contributed by atoms with Gasteiger partial charge in [0.05, 0.1) is 22.7 Å². The number of carboxylic acid groups (broad SMARTS) is 1. The van der Waals surface area contributed by atoms with Gasteiger partial charge in [0.15, 0.2) is 0 Å². The predicted octanol–water partition coefficient (Wildman–Crippen LogP) is 0.955. The maximum Gasteiger partial charge on any atom is 0.326 e. The number of aromatic nitrogens is 2. The number of urea groups is 1. The van der Waals surface area contributed by atoms with Gasteiger partial charge in [0, 0.05) is 23.5 Å². The van der Waals surface area contributed by atoms with Gasteiger partial charge in [0.1, 0.15) is 0 Å². The minimum absolute atomic E-state index is 0.0252. The van der Waals surface area contributed by atoms with E-state index in [0.29, 0.717) is 11.0 Å². The lowest BCUT2D eigenvalue weighted by Gasteiger charge is -2.12. The standard InChI is InChI=1S/C17H12N4O4/c22-15(10-5-6-13-14(9-10)19-8-7-18-13)21-17(25)20-12-4-2-1-3-11(12)16(23)24/h1-9H,(H,23,24)(H2,20,21,22,25)/p-1. The largest absolute Gasteiger partial charge is 0.545 e. The number of carboxylic acids is 1. The Balaban J connectivity index is 1.74. The van der Waals surface area contributed by atoms with Crippen LogP contribution in [0.4, 0.5) is 10.5 Å². The number of nitrogens with zero attached hydrogens (tertiary/aromatic N) is 2. The molecule has 25 heavy (non-hydrogen) atoms. The van der Waals surface area contributed by atoms with E-state index in [2.05, 4.69) is 20.6 Å². The van der Waals surface area contributed by atoms with E-state index < -0.39 is 17.9 Å². The monoisotopic (exact) mass is 335 g/mol. The molecule has 8 heteroatoms. The number of carbonyl (C=O) groups is 3. The molecule has 0 aliphatic rings. The fourth-order valence-corrected chi connectivity index (χ4v) is 2.20. The van der Waals surface area contributed by atoms with Gasteiger partial charge in [-0.1, -0.05) is 18.2 Å². The average Bonchev–Trinajstić information content (AvgIpc) is 2.61. The van der Waals surface area contributed by atoms with E-state index in [1.807, 2.05) is 0 Å². The number of hydrogen-bond donors (Lipinski definition) is 2. The highest BCUT2D eigenvalue weighted by Crippen LogP contribution is 2.14. The van der Waals surface area contributed by atoms with Gasteiger partial charge < -0.3 is 15.2 Å². The van der Waals surface area contributed by atoms with Crippen molar-refractivity contribution < 1.29 is 19.5 Å². The number of hydrogen-bond acceptors (Lipinski definition) is 6. The molecular weight excluding hydrogens is 324 g/mol. The summed E-state index contributed by atoms with van der Waals surface area (Å²) in [6.45, 7) is 0. The van der Waals surface area contributed by atoms with Crippen LogP contribution < -0.4 is 15.7 Å². The molecule has 2 aromatic carbocycles. The first-order chi connectivity index (χ1) is 12.0.